The molecule has 0 atom stereocenters. The van der Waals surface area contributed by atoms with Crippen LogP contribution in [0.25, 0.3) is 22.0 Å². The van der Waals surface area contributed by atoms with Crippen LogP contribution in [0.2, 0.25) is 0 Å². The Hall–Kier alpha value is -3.45. The van der Waals surface area contributed by atoms with Crippen molar-refractivity contribution in [3.8, 4) is 27.8 Å². The van der Waals surface area contributed by atoms with E-state index in [9.17, 15) is 4.79 Å². The van der Waals surface area contributed by atoms with E-state index in [1.54, 1.807) is 14.0 Å². The molecule has 4 rings (SSSR count). The molecule has 4 aromatic rings. The minimum absolute atomic E-state index is 0.0618. The van der Waals surface area contributed by atoms with Crippen molar-refractivity contribution in [1.29, 1.82) is 0 Å². The minimum atomic E-state index is -0.538. The van der Waals surface area contributed by atoms with E-state index in [0.29, 0.717) is 17.3 Å². The molecule has 29 heavy (non-hydrogen) atoms. The van der Waals surface area contributed by atoms with E-state index in [-0.39, 0.29) is 12.3 Å². The van der Waals surface area contributed by atoms with Gasteiger partial charge in [0.2, 0.25) is 5.89 Å². The van der Waals surface area contributed by atoms with Crippen LogP contribution in [0.5, 0.6) is 5.75 Å². The number of esters is 1. The fraction of sp³-hybridized carbons (Fsp3) is 0.136. The standard InChI is InChI=1S/C22H18N2O4S/c1-14-19(24-20(28-14)15-7-4-3-5-8-15)22(25)27-12-17-13-29-21(23-17)16-9-6-10-18(11-16)26-2/h3-11,13H,12H2,1-2H3. The van der Waals surface area contributed by atoms with Gasteiger partial charge in [-0.05, 0) is 31.2 Å². The fourth-order valence-electron chi connectivity index (χ4n) is 2.76. The normalized spacial score (nSPS) is 10.7. The maximum atomic E-state index is 12.5. The molecule has 0 radical (unpaired) electrons. The van der Waals surface area contributed by atoms with Gasteiger partial charge in [-0.3, -0.25) is 0 Å². The van der Waals surface area contributed by atoms with Gasteiger partial charge in [-0.1, -0.05) is 30.3 Å². The summed E-state index contributed by atoms with van der Waals surface area (Å²) in [6, 6.07) is 17.1. The number of carbonyl (C=O) groups excluding carboxylic acids is 1. The molecule has 0 aliphatic rings. The largest absolute Gasteiger partial charge is 0.497 e. The number of oxazole rings is 1. The van der Waals surface area contributed by atoms with E-state index >= 15 is 0 Å². The summed E-state index contributed by atoms with van der Waals surface area (Å²) >= 11 is 1.48. The molecule has 0 aliphatic carbocycles. The molecule has 0 unspecified atom stereocenters. The van der Waals surface area contributed by atoms with Crippen molar-refractivity contribution in [3.05, 3.63) is 77.1 Å². The van der Waals surface area contributed by atoms with Crippen LogP contribution in [0.15, 0.2) is 64.4 Å². The molecule has 0 fully saturated rings. The van der Waals surface area contributed by atoms with Gasteiger partial charge in [-0.15, -0.1) is 11.3 Å². The summed E-state index contributed by atoms with van der Waals surface area (Å²) < 4.78 is 16.3. The number of rotatable bonds is 6. The van der Waals surface area contributed by atoms with Crippen LogP contribution in [0.1, 0.15) is 21.9 Å². The lowest BCUT2D eigenvalue weighted by molar-refractivity contribution is 0.0460. The van der Waals surface area contributed by atoms with Crippen LogP contribution in [0.3, 0.4) is 0 Å². The average Bonchev–Trinajstić information content (AvgIpc) is 3.39. The predicted octanol–water partition coefficient (Wildman–Crippen LogP) is 5.14. The van der Waals surface area contributed by atoms with Crippen molar-refractivity contribution < 1.29 is 18.7 Å². The molecule has 0 aliphatic heterocycles. The van der Waals surface area contributed by atoms with Crippen molar-refractivity contribution >= 4 is 17.3 Å². The third kappa shape index (κ3) is 4.20. The lowest BCUT2D eigenvalue weighted by Gasteiger charge is -2.02. The van der Waals surface area contributed by atoms with E-state index in [1.165, 1.54) is 11.3 Å². The molecule has 0 N–H and O–H groups in total. The first-order valence-electron chi connectivity index (χ1n) is 8.93. The molecule has 0 saturated carbocycles. The molecule has 2 aromatic carbocycles. The first kappa shape index (κ1) is 18.9. The summed E-state index contributed by atoms with van der Waals surface area (Å²) in [4.78, 5) is 21.3. The van der Waals surface area contributed by atoms with Crippen LogP contribution in [-0.4, -0.2) is 23.0 Å². The number of benzene rings is 2. The van der Waals surface area contributed by atoms with E-state index in [4.69, 9.17) is 13.9 Å². The molecule has 2 heterocycles. The second-order valence-corrected chi connectivity index (χ2v) is 7.10. The van der Waals surface area contributed by atoms with Crippen molar-refractivity contribution in [2.75, 3.05) is 7.11 Å². The molecule has 7 heteroatoms. The molecule has 6 nitrogen and oxygen atoms in total. The fourth-order valence-corrected chi connectivity index (χ4v) is 3.56. The zero-order chi connectivity index (χ0) is 20.2. The number of ether oxygens (including phenoxy) is 2. The lowest BCUT2D eigenvalue weighted by Crippen LogP contribution is -2.07. The van der Waals surface area contributed by atoms with Gasteiger partial charge < -0.3 is 13.9 Å². The Labute approximate surface area is 171 Å². The second kappa shape index (κ2) is 8.28. The number of aryl methyl sites for hydroxylation is 1. The van der Waals surface area contributed by atoms with Crippen molar-refractivity contribution in [3.63, 3.8) is 0 Å². The van der Waals surface area contributed by atoms with Crippen molar-refractivity contribution in [1.82, 2.24) is 9.97 Å². The molecular formula is C22H18N2O4S. The maximum absolute atomic E-state index is 12.5. The Morgan fingerprint density at radius 1 is 1.07 bits per heavy atom. The summed E-state index contributed by atoms with van der Waals surface area (Å²) in [6.07, 6.45) is 0. The third-order valence-electron chi connectivity index (χ3n) is 4.23. The van der Waals surface area contributed by atoms with E-state index in [0.717, 1.165) is 21.9 Å². The molecule has 0 saturated heterocycles. The van der Waals surface area contributed by atoms with Gasteiger partial charge in [0.15, 0.2) is 5.69 Å². The van der Waals surface area contributed by atoms with E-state index in [1.807, 2.05) is 60.0 Å². The Kier molecular flexibility index (Phi) is 5.39. The second-order valence-electron chi connectivity index (χ2n) is 6.24. The number of nitrogens with zero attached hydrogens (tertiary/aromatic N) is 2. The van der Waals surface area contributed by atoms with E-state index < -0.39 is 5.97 Å². The zero-order valence-corrected chi connectivity index (χ0v) is 16.7. The van der Waals surface area contributed by atoms with Crippen LogP contribution in [0, 0.1) is 6.92 Å². The minimum Gasteiger partial charge on any atom is -0.497 e. The van der Waals surface area contributed by atoms with Gasteiger partial charge in [0.05, 0.1) is 12.8 Å². The highest BCUT2D eigenvalue weighted by molar-refractivity contribution is 7.13. The molecule has 2 aromatic heterocycles. The average molecular weight is 406 g/mol. The summed E-state index contributed by atoms with van der Waals surface area (Å²) in [5, 5.41) is 2.70. The van der Waals surface area contributed by atoms with Gasteiger partial charge in [0, 0.05) is 16.5 Å². The lowest BCUT2D eigenvalue weighted by atomic mass is 10.2. The number of methoxy groups -OCH3 is 1. The van der Waals surface area contributed by atoms with Gasteiger partial charge in [0.1, 0.15) is 23.1 Å². The predicted molar refractivity (Wildman–Crippen MR) is 110 cm³/mol. The van der Waals surface area contributed by atoms with Gasteiger partial charge in [-0.2, -0.15) is 0 Å². The monoisotopic (exact) mass is 406 g/mol. The van der Waals surface area contributed by atoms with Gasteiger partial charge in [-0.25, -0.2) is 14.8 Å². The molecule has 146 valence electrons. The maximum Gasteiger partial charge on any atom is 0.361 e. The highest BCUT2D eigenvalue weighted by Gasteiger charge is 2.20. The van der Waals surface area contributed by atoms with Crippen LogP contribution in [-0.2, 0) is 11.3 Å². The number of thiazole rings is 1. The highest BCUT2D eigenvalue weighted by atomic mass is 32.1. The first-order chi connectivity index (χ1) is 14.1. The third-order valence-corrected chi connectivity index (χ3v) is 5.17. The topological polar surface area (TPSA) is 74.5 Å². The number of carbonyl (C=O) groups is 1. The van der Waals surface area contributed by atoms with Crippen LogP contribution >= 0.6 is 11.3 Å². The van der Waals surface area contributed by atoms with Gasteiger partial charge >= 0.3 is 5.97 Å². The van der Waals surface area contributed by atoms with Crippen LogP contribution < -0.4 is 4.74 Å². The Bertz CT molecular complexity index is 1130. The Balaban J connectivity index is 1.44. The number of hydrogen-bond acceptors (Lipinski definition) is 7. The quantitative estimate of drug-likeness (QED) is 0.413. The SMILES string of the molecule is COc1cccc(-c2nc(COC(=O)c3nc(-c4ccccc4)oc3C)cs2)c1. The zero-order valence-electron chi connectivity index (χ0n) is 15.9. The van der Waals surface area contributed by atoms with Crippen LogP contribution in [0.4, 0.5) is 0 Å². The molecule has 0 bridgehead atoms. The summed E-state index contributed by atoms with van der Waals surface area (Å²) in [7, 11) is 1.63. The number of hydrogen-bond donors (Lipinski definition) is 0. The highest BCUT2D eigenvalue weighted by Crippen LogP contribution is 2.27. The first-order valence-corrected chi connectivity index (χ1v) is 9.81. The smallest absolute Gasteiger partial charge is 0.361 e. The van der Waals surface area contributed by atoms with E-state index in [2.05, 4.69) is 9.97 Å². The molecular weight excluding hydrogens is 388 g/mol. The summed E-state index contributed by atoms with van der Waals surface area (Å²) in [5.41, 5.74) is 2.60. The summed E-state index contributed by atoms with van der Waals surface area (Å²) in [5.74, 6) is 1.04. The van der Waals surface area contributed by atoms with Crippen molar-refractivity contribution in [2.24, 2.45) is 0 Å². The molecule has 0 spiro atoms. The van der Waals surface area contributed by atoms with Gasteiger partial charge in [0.25, 0.3) is 0 Å². The number of aromatic nitrogens is 2. The Morgan fingerprint density at radius 2 is 1.86 bits per heavy atom. The molecule has 0 amide bonds. The summed E-state index contributed by atoms with van der Waals surface area (Å²) in [6.45, 7) is 1.76. The Morgan fingerprint density at radius 3 is 2.66 bits per heavy atom. The van der Waals surface area contributed by atoms with Crippen molar-refractivity contribution in [2.45, 2.75) is 13.5 Å².